The molecule has 0 aromatic heterocycles. The van der Waals surface area contributed by atoms with Crippen LogP contribution >= 0.6 is 34.2 Å². The van der Waals surface area contributed by atoms with Gasteiger partial charge in [-0.25, -0.2) is 21.2 Å². The Balaban J connectivity index is 3.66. The Hall–Kier alpha value is -0.130. The van der Waals surface area contributed by atoms with E-state index in [4.69, 9.17) is 11.6 Å². The van der Waals surface area contributed by atoms with Gasteiger partial charge in [0.05, 0.1) is 25.8 Å². The van der Waals surface area contributed by atoms with Gasteiger partial charge in [-0.1, -0.05) is 39.3 Å². The van der Waals surface area contributed by atoms with Crippen molar-refractivity contribution in [3.63, 3.8) is 0 Å². The average Bonchev–Trinajstić information content (AvgIpc) is 2.35. The highest BCUT2D eigenvalue weighted by atomic mass is 127. The predicted molar refractivity (Wildman–Crippen MR) is 104 cm³/mol. The number of rotatable bonds is 7. The molecular weight excluding hydrogens is 492 g/mol. The molecule has 0 N–H and O–H groups in total. The molecule has 0 heterocycles. The lowest BCUT2D eigenvalue weighted by atomic mass is 10.3. The highest BCUT2D eigenvalue weighted by molar-refractivity contribution is 14.1. The number of sulfonamides is 2. The van der Waals surface area contributed by atoms with E-state index in [0.29, 0.717) is 3.71 Å². The van der Waals surface area contributed by atoms with Crippen molar-refractivity contribution in [2.45, 2.75) is 27.7 Å². The maximum absolute atomic E-state index is 13.6. The molecule has 0 amide bonds. The van der Waals surface area contributed by atoms with Crippen LogP contribution in [-0.2, 0) is 20.0 Å². The van der Waals surface area contributed by atoms with Gasteiger partial charge in [-0.05, 0) is 46.6 Å². The van der Waals surface area contributed by atoms with Gasteiger partial charge in [-0.15, -0.1) is 0 Å². The van der Waals surface area contributed by atoms with Crippen LogP contribution in [0.15, 0.2) is 12.1 Å². The van der Waals surface area contributed by atoms with Crippen molar-refractivity contribution >= 4 is 59.9 Å². The number of hydrogen-bond acceptors (Lipinski definition) is 4. The van der Waals surface area contributed by atoms with Crippen LogP contribution in [0, 0.1) is 21.2 Å². The first-order chi connectivity index (χ1) is 10.8. The minimum atomic E-state index is -4.19. The zero-order chi connectivity index (χ0) is 18.9. The summed E-state index contributed by atoms with van der Waals surface area (Å²) in [4.78, 5) is 0. The van der Waals surface area contributed by atoms with Crippen LogP contribution in [0.25, 0.3) is 0 Å². The second kappa shape index (κ2) is 8.05. The molecule has 1 aromatic carbocycles. The van der Waals surface area contributed by atoms with E-state index in [1.807, 2.05) is 0 Å². The Bertz CT molecular complexity index is 770. The third kappa shape index (κ3) is 5.18. The monoisotopic (exact) mass is 511 g/mol. The molecule has 0 radical (unpaired) electrons. The third-order valence-electron chi connectivity index (χ3n) is 2.80. The molecule has 1 rings (SSSR count). The predicted octanol–water partition coefficient (Wildman–Crippen LogP) is 3.86. The Labute approximate surface area is 161 Å². The highest BCUT2D eigenvalue weighted by Gasteiger charge is 2.37. The summed E-state index contributed by atoms with van der Waals surface area (Å²) in [7, 11) is -8.39. The van der Waals surface area contributed by atoms with Gasteiger partial charge in [-0.3, -0.25) is 0 Å². The zero-order valence-corrected chi connectivity index (χ0v) is 18.3. The molecule has 24 heavy (non-hydrogen) atoms. The standard InChI is InChI=1S/C14H20ClFINO4S2/c1-9(2)7-23(19,20)18(24(21,22)8-10(3)4)12-6-5-11(16)14(17)13(12)15/h5-6,9-10H,7-8H2,1-4H3. The van der Waals surface area contributed by atoms with Crippen LogP contribution in [0.1, 0.15) is 27.7 Å². The van der Waals surface area contributed by atoms with Crippen LogP contribution in [0.5, 0.6) is 0 Å². The SMILES string of the molecule is CC(C)CS(=O)(=O)N(c1ccc(F)c(I)c1Cl)S(=O)(=O)CC(C)C. The third-order valence-corrected chi connectivity index (χ3v) is 9.50. The van der Waals surface area contributed by atoms with Crippen LogP contribution < -0.4 is 3.71 Å². The van der Waals surface area contributed by atoms with Gasteiger partial charge < -0.3 is 0 Å². The quantitative estimate of drug-likeness (QED) is 0.412. The van der Waals surface area contributed by atoms with Crippen LogP contribution in [-0.4, -0.2) is 28.3 Å². The molecule has 0 aliphatic heterocycles. The number of benzene rings is 1. The summed E-state index contributed by atoms with van der Waals surface area (Å²) in [5, 5.41) is -0.240. The van der Waals surface area contributed by atoms with Crippen LogP contribution in [0.4, 0.5) is 10.1 Å². The second-order valence-corrected chi connectivity index (χ2v) is 11.6. The van der Waals surface area contributed by atoms with Crippen LogP contribution in [0.3, 0.4) is 0 Å². The van der Waals surface area contributed by atoms with E-state index in [1.54, 1.807) is 50.3 Å². The summed E-state index contributed by atoms with van der Waals surface area (Å²) < 4.78 is 64.8. The minimum absolute atomic E-state index is 0.0312. The van der Waals surface area contributed by atoms with E-state index >= 15 is 0 Å². The Morgan fingerprint density at radius 1 is 1.04 bits per heavy atom. The van der Waals surface area contributed by atoms with Gasteiger partial charge >= 0.3 is 0 Å². The van der Waals surface area contributed by atoms with E-state index in [-0.39, 0.29) is 37.6 Å². The fourth-order valence-electron chi connectivity index (χ4n) is 2.11. The number of nitrogens with zero attached hydrogens (tertiary/aromatic N) is 1. The van der Waals surface area contributed by atoms with Crippen molar-refractivity contribution in [2.24, 2.45) is 11.8 Å². The largest absolute Gasteiger partial charge is 0.248 e. The number of anilines is 1. The van der Waals surface area contributed by atoms with Gasteiger partial charge in [0.2, 0.25) is 20.0 Å². The topological polar surface area (TPSA) is 71.5 Å². The zero-order valence-electron chi connectivity index (χ0n) is 13.8. The van der Waals surface area contributed by atoms with E-state index in [0.717, 1.165) is 12.1 Å². The second-order valence-electron chi connectivity index (χ2n) is 6.24. The molecule has 138 valence electrons. The first-order valence-electron chi connectivity index (χ1n) is 7.19. The normalized spacial score (nSPS) is 12.9. The maximum Gasteiger partial charge on any atom is 0.248 e. The highest BCUT2D eigenvalue weighted by Crippen LogP contribution is 2.36. The lowest BCUT2D eigenvalue weighted by Gasteiger charge is -2.26. The molecule has 10 heteroatoms. The van der Waals surface area contributed by atoms with E-state index in [1.165, 1.54) is 0 Å². The van der Waals surface area contributed by atoms with E-state index in [2.05, 4.69) is 0 Å². The molecule has 0 aliphatic rings. The molecule has 5 nitrogen and oxygen atoms in total. The molecular formula is C14H20ClFINO4S2. The maximum atomic E-state index is 13.6. The van der Waals surface area contributed by atoms with Crippen molar-refractivity contribution in [3.05, 3.63) is 26.5 Å². The van der Waals surface area contributed by atoms with Gasteiger partial charge in [0.25, 0.3) is 0 Å². The van der Waals surface area contributed by atoms with Gasteiger partial charge in [0, 0.05) is 0 Å². The van der Waals surface area contributed by atoms with Crippen molar-refractivity contribution in [1.82, 2.24) is 0 Å². The van der Waals surface area contributed by atoms with Gasteiger partial charge in [0.1, 0.15) is 5.82 Å². The van der Waals surface area contributed by atoms with Crippen LogP contribution in [0.2, 0.25) is 5.02 Å². The van der Waals surface area contributed by atoms with Crippen molar-refractivity contribution in [3.8, 4) is 0 Å². The first kappa shape index (κ1) is 21.9. The van der Waals surface area contributed by atoms with Crippen molar-refractivity contribution < 1.29 is 21.2 Å². The fraction of sp³-hybridized carbons (Fsp3) is 0.571. The van der Waals surface area contributed by atoms with Crippen molar-refractivity contribution in [1.29, 1.82) is 0 Å². The summed E-state index contributed by atoms with van der Waals surface area (Å²) in [6.07, 6.45) is 0. The molecule has 0 saturated carbocycles. The molecule has 0 unspecified atom stereocenters. The fourth-order valence-corrected chi connectivity index (χ4v) is 7.51. The summed E-state index contributed by atoms with van der Waals surface area (Å²) in [6.45, 7) is 6.67. The molecule has 0 atom stereocenters. The summed E-state index contributed by atoms with van der Waals surface area (Å²) in [5.41, 5.74) is -0.247. The lowest BCUT2D eigenvalue weighted by molar-refractivity contribution is 0.570. The molecule has 0 aliphatic carbocycles. The molecule has 1 aromatic rings. The number of halogens is 3. The lowest BCUT2D eigenvalue weighted by Crippen LogP contribution is -2.42. The summed E-state index contributed by atoms with van der Waals surface area (Å²) in [6, 6.07) is 2.08. The Kier molecular flexibility index (Phi) is 7.35. The summed E-state index contributed by atoms with van der Waals surface area (Å²) in [5.74, 6) is -1.95. The Morgan fingerprint density at radius 3 is 1.83 bits per heavy atom. The summed E-state index contributed by atoms with van der Waals surface area (Å²) >= 11 is 7.67. The average molecular weight is 512 g/mol. The smallest absolute Gasteiger partial charge is 0.206 e. The Morgan fingerprint density at radius 2 is 1.46 bits per heavy atom. The van der Waals surface area contributed by atoms with Crippen molar-refractivity contribution in [2.75, 3.05) is 15.2 Å². The molecule has 0 spiro atoms. The molecule has 0 bridgehead atoms. The minimum Gasteiger partial charge on any atom is -0.206 e. The van der Waals surface area contributed by atoms with E-state index in [9.17, 15) is 21.2 Å². The number of hydrogen-bond donors (Lipinski definition) is 0. The first-order valence-corrected chi connectivity index (χ1v) is 11.9. The molecule has 0 fully saturated rings. The van der Waals surface area contributed by atoms with E-state index < -0.39 is 25.9 Å². The van der Waals surface area contributed by atoms with Gasteiger partial charge in [-0.2, -0.15) is 3.71 Å². The molecule has 0 saturated heterocycles. The van der Waals surface area contributed by atoms with Gasteiger partial charge in [0.15, 0.2) is 0 Å².